The van der Waals surface area contributed by atoms with Gasteiger partial charge in [0.25, 0.3) is 6.73 Å². The Morgan fingerprint density at radius 2 is 1.48 bits per heavy atom. The van der Waals surface area contributed by atoms with Crippen LogP contribution >= 0.6 is 0 Å². The van der Waals surface area contributed by atoms with Gasteiger partial charge in [0.15, 0.2) is 6.20 Å². The first-order valence-electron chi connectivity index (χ1n) is 10.2. The van der Waals surface area contributed by atoms with Crippen LogP contribution in [0.2, 0.25) is 0 Å². The Morgan fingerprint density at radius 3 is 2.31 bits per heavy atom. The van der Waals surface area contributed by atoms with Crippen molar-refractivity contribution >= 4 is 32.3 Å². The van der Waals surface area contributed by atoms with Crippen molar-refractivity contribution in [2.45, 2.75) is 26.0 Å². The first-order valence-corrected chi connectivity index (χ1v) is 10.2. The fourth-order valence-corrected chi connectivity index (χ4v) is 5.67. The van der Waals surface area contributed by atoms with Crippen LogP contribution in [0, 0.1) is 0 Å². The van der Waals surface area contributed by atoms with Crippen molar-refractivity contribution in [3.05, 3.63) is 84.1 Å². The lowest BCUT2D eigenvalue weighted by Crippen LogP contribution is -2.41. The van der Waals surface area contributed by atoms with E-state index in [1.54, 1.807) is 0 Å². The topological polar surface area (TPSA) is 13.1 Å². The minimum Gasteiger partial charge on any atom is -0.435 e. The Balaban J connectivity index is 1.72. The number of rotatable bonds is 0. The molecule has 0 spiro atoms. The Kier molecular flexibility index (Phi) is 2.65. The van der Waals surface area contributed by atoms with Gasteiger partial charge in [0.2, 0.25) is 5.69 Å². The van der Waals surface area contributed by atoms with Crippen molar-refractivity contribution in [2.24, 2.45) is 0 Å². The molecular formula is C27H20NO+. The number of ether oxygens (including phenoxy) is 1. The second-order valence-electron chi connectivity index (χ2n) is 8.85. The minimum atomic E-state index is -0.0995. The quantitative estimate of drug-likeness (QED) is 0.236. The lowest BCUT2D eigenvalue weighted by Gasteiger charge is -2.23. The van der Waals surface area contributed by atoms with Crippen molar-refractivity contribution in [3.8, 4) is 17.0 Å². The molecule has 0 radical (unpaired) electrons. The molecule has 0 fully saturated rings. The van der Waals surface area contributed by atoms with E-state index in [1.807, 2.05) is 0 Å². The predicted octanol–water partition coefficient (Wildman–Crippen LogP) is 6.09. The molecule has 29 heavy (non-hydrogen) atoms. The highest BCUT2D eigenvalue weighted by Crippen LogP contribution is 2.56. The van der Waals surface area contributed by atoms with Crippen molar-refractivity contribution in [1.29, 1.82) is 0 Å². The third kappa shape index (κ3) is 1.80. The molecule has 2 nitrogen and oxygen atoms in total. The van der Waals surface area contributed by atoms with E-state index in [-0.39, 0.29) is 5.41 Å². The average molecular weight is 374 g/mol. The van der Waals surface area contributed by atoms with Gasteiger partial charge < -0.3 is 4.74 Å². The second-order valence-corrected chi connectivity index (χ2v) is 8.85. The number of hydrogen-bond acceptors (Lipinski definition) is 1. The number of fused-ring (bicyclic) bond motifs is 5. The lowest BCUT2D eigenvalue weighted by atomic mass is 9.78. The summed E-state index contributed by atoms with van der Waals surface area (Å²) in [6.45, 7) is 5.31. The molecule has 0 N–H and O–H groups in total. The maximum Gasteiger partial charge on any atom is 0.292 e. The molecule has 0 saturated heterocycles. The van der Waals surface area contributed by atoms with Gasteiger partial charge in [-0.05, 0) is 56.8 Å². The molecule has 0 atom stereocenters. The van der Waals surface area contributed by atoms with Crippen molar-refractivity contribution in [2.75, 3.05) is 0 Å². The summed E-state index contributed by atoms with van der Waals surface area (Å²) >= 11 is 0. The molecule has 7 rings (SSSR count). The molecule has 0 amide bonds. The van der Waals surface area contributed by atoms with E-state index in [0.29, 0.717) is 6.73 Å². The smallest absolute Gasteiger partial charge is 0.292 e. The predicted molar refractivity (Wildman–Crippen MR) is 117 cm³/mol. The summed E-state index contributed by atoms with van der Waals surface area (Å²) in [5.41, 5.74) is 5.34. The zero-order valence-electron chi connectivity index (χ0n) is 16.5. The number of benzene rings is 4. The van der Waals surface area contributed by atoms with Crippen LogP contribution in [0.25, 0.3) is 43.6 Å². The molecule has 1 aliphatic carbocycles. The third-order valence-corrected chi connectivity index (χ3v) is 6.87. The van der Waals surface area contributed by atoms with Gasteiger partial charge in [-0.2, -0.15) is 4.57 Å². The van der Waals surface area contributed by atoms with E-state index in [9.17, 15) is 0 Å². The summed E-state index contributed by atoms with van der Waals surface area (Å²) < 4.78 is 8.59. The van der Waals surface area contributed by atoms with Crippen LogP contribution in [0.1, 0.15) is 25.0 Å². The highest BCUT2D eigenvalue weighted by atomic mass is 16.5. The maximum atomic E-state index is 6.29. The summed E-state index contributed by atoms with van der Waals surface area (Å²) in [4.78, 5) is 0. The van der Waals surface area contributed by atoms with Gasteiger partial charge in [0.05, 0.1) is 5.56 Å². The molecule has 0 unspecified atom stereocenters. The van der Waals surface area contributed by atoms with Gasteiger partial charge in [0, 0.05) is 16.4 Å². The van der Waals surface area contributed by atoms with Gasteiger partial charge in [-0.25, -0.2) is 0 Å². The van der Waals surface area contributed by atoms with Gasteiger partial charge in [-0.3, -0.25) is 0 Å². The van der Waals surface area contributed by atoms with Crippen molar-refractivity contribution in [3.63, 3.8) is 0 Å². The number of nitrogens with zero attached hydrogens (tertiary/aromatic N) is 1. The van der Waals surface area contributed by atoms with Gasteiger partial charge in [0.1, 0.15) is 5.75 Å². The molecule has 1 aliphatic heterocycles. The fraction of sp³-hybridized carbons (Fsp3) is 0.148. The summed E-state index contributed by atoms with van der Waals surface area (Å²) in [5, 5.41) is 7.78. The molecular weight excluding hydrogens is 354 g/mol. The SMILES string of the molecule is CC1(C)c2c3c(cc4cc5ccccc5cc24)OC[n+]2cc4ccccc4c1c2-3. The molecule has 0 bridgehead atoms. The molecule has 2 aliphatic rings. The molecule has 2 heteroatoms. The maximum absolute atomic E-state index is 6.29. The first-order chi connectivity index (χ1) is 14.1. The fourth-order valence-electron chi connectivity index (χ4n) is 5.67. The molecule has 1 aromatic heterocycles. The van der Waals surface area contributed by atoms with Gasteiger partial charge in [-0.15, -0.1) is 0 Å². The summed E-state index contributed by atoms with van der Waals surface area (Å²) in [6, 6.07) is 24.3. The van der Waals surface area contributed by atoms with Crippen LogP contribution in [-0.4, -0.2) is 0 Å². The lowest BCUT2D eigenvalue weighted by molar-refractivity contribution is -0.716. The Bertz CT molecular complexity index is 1530. The van der Waals surface area contributed by atoms with Crippen molar-refractivity contribution < 1.29 is 9.30 Å². The van der Waals surface area contributed by atoms with E-state index in [0.717, 1.165) is 5.75 Å². The Hall–Kier alpha value is -3.39. The minimum absolute atomic E-state index is 0.0995. The average Bonchev–Trinajstić information content (AvgIpc) is 2.99. The largest absolute Gasteiger partial charge is 0.435 e. The van der Waals surface area contributed by atoms with Crippen molar-refractivity contribution in [1.82, 2.24) is 0 Å². The van der Waals surface area contributed by atoms with E-state index in [2.05, 4.69) is 91.3 Å². The van der Waals surface area contributed by atoms with E-state index < -0.39 is 0 Å². The van der Waals surface area contributed by atoms with E-state index in [1.165, 1.54) is 54.7 Å². The van der Waals surface area contributed by atoms with Crippen LogP contribution < -0.4 is 9.30 Å². The molecule has 4 aromatic carbocycles. The van der Waals surface area contributed by atoms with Crippen LogP contribution in [0.3, 0.4) is 0 Å². The van der Waals surface area contributed by atoms with Crippen LogP contribution in [-0.2, 0) is 12.1 Å². The number of hydrogen-bond donors (Lipinski definition) is 0. The third-order valence-electron chi connectivity index (χ3n) is 6.87. The Labute approximate surface area is 169 Å². The number of pyridine rings is 1. The second kappa shape index (κ2) is 4.96. The van der Waals surface area contributed by atoms with Gasteiger partial charge in [-0.1, -0.05) is 56.3 Å². The summed E-state index contributed by atoms with van der Waals surface area (Å²) in [5.74, 6) is 1.02. The molecule has 138 valence electrons. The monoisotopic (exact) mass is 374 g/mol. The van der Waals surface area contributed by atoms with Crippen LogP contribution in [0.4, 0.5) is 0 Å². The molecule has 0 saturated carbocycles. The van der Waals surface area contributed by atoms with E-state index in [4.69, 9.17) is 4.74 Å². The highest BCUT2D eigenvalue weighted by molar-refractivity contribution is 6.07. The molecule has 5 aromatic rings. The van der Waals surface area contributed by atoms with E-state index >= 15 is 0 Å². The normalized spacial score (nSPS) is 15.7. The first kappa shape index (κ1) is 15.5. The van der Waals surface area contributed by atoms with Gasteiger partial charge >= 0.3 is 0 Å². The zero-order valence-corrected chi connectivity index (χ0v) is 16.5. The standard InChI is InChI=1S/C27H20NO/c1-27(2)24-21-12-17-8-4-3-7-16(17)11-19(21)13-22-23(24)26-25(27)20-10-6-5-9-18(20)14-28(26)15-29-22/h3-14H,15H2,1-2H3/q+1. The Morgan fingerprint density at radius 1 is 0.759 bits per heavy atom. The van der Waals surface area contributed by atoms with Crippen LogP contribution in [0.5, 0.6) is 5.75 Å². The van der Waals surface area contributed by atoms with Crippen LogP contribution in [0.15, 0.2) is 72.9 Å². The molecule has 2 heterocycles. The number of aromatic nitrogens is 1. The zero-order chi connectivity index (χ0) is 19.3. The summed E-state index contributed by atoms with van der Waals surface area (Å²) in [6.07, 6.45) is 2.24. The summed E-state index contributed by atoms with van der Waals surface area (Å²) in [7, 11) is 0. The highest BCUT2D eigenvalue weighted by Gasteiger charge is 2.47.